The first-order valence-corrected chi connectivity index (χ1v) is 17.3. The lowest BCUT2D eigenvalue weighted by molar-refractivity contribution is -0.439. The van der Waals surface area contributed by atoms with Gasteiger partial charge in [0.1, 0.15) is 12.2 Å². The van der Waals surface area contributed by atoms with Crippen molar-refractivity contribution in [2.75, 3.05) is 13.2 Å². The molecular formula is C19H29F8IO8SSi. The van der Waals surface area contributed by atoms with Crippen molar-refractivity contribution in [2.24, 2.45) is 5.92 Å². The molecule has 0 radical (unpaired) electrons. The van der Waals surface area contributed by atoms with Crippen molar-refractivity contribution in [1.82, 2.24) is 0 Å². The maximum atomic E-state index is 14.5. The fourth-order valence-electron chi connectivity index (χ4n) is 3.44. The maximum absolute atomic E-state index is 14.5. The molecule has 0 N–H and O–H groups in total. The Bertz CT molecular complexity index is 944. The van der Waals surface area contributed by atoms with Gasteiger partial charge in [0.25, 0.3) is 0 Å². The van der Waals surface area contributed by atoms with E-state index in [2.05, 4.69) is 8.92 Å². The molecule has 0 amide bonds. The van der Waals surface area contributed by atoms with Crippen LogP contribution in [0.25, 0.3) is 0 Å². The summed E-state index contributed by atoms with van der Waals surface area (Å²) in [4.78, 5) is 0. The first-order chi connectivity index (χ1) is 16.7. The number of hydrogen-bond donors (Lipinski definition) is 0. The molecular weight excluding hydrogens is 695 g/mol. The second kappa shape index (κ2) is 11.1. The molecule has 2 heterocycles. The highest BCUT2D eigenvalue weighted by molar-refractivity contribution is 14.1. The zero-order valence-electron chi connectivity index (χ0n) is 21.1. The molecule has 0 saturated carbocycles. The molecule has 2 aliphatic heterocycles. The number of rotatable bonds is 11. The van der Waals surface area contributed by atoms with Crippen LogP contribution in [0.2, 0.25) is 25.7 Å². The van der Waals surface area contributed by atoms with E-state index in [1.54, 1.807) is 0 Å². The lowest BCUT2D eigenvalue weighted by atomic mass is 9.89. The summed E-state index contributed by atoms with van der Waals surface area (Å²) >= 11 is -0.325. The molecule has 0 aromatic carbocycles. The molecule has 38 heavy (non-hydrogen) atoms. The van der Waals surface area contributed by atoms with E-state index in [4.69, 9.17) is 18.9 Å². The van der Waals surface area contributed by atoms with Gasteiger partial charge in [0.05, 0.1) is 12.7 Å². The minimum Gasteiger partial charge on any atom is -0.350 e. The first-order valence-electron chi connectivity index (χ1n) is 11.1. The molecule has 2 unspecified atom stereocenters. The minimum absolute atomic E-state index is 0.0513. The van der Waals surface area contributed by atoms with E-state index in [0.29, 0.717) is 6.04 Å². The first kappa shape index (κ1) is 34.3. The van der Waals surface area contributed by atoms with Gasteiger partial charge in [0.2, 0.25) is 0 Å². The summed E-state index contributed by atoms with van der Waals surface area (Å²) in [6.45, 7) is 10.0. The lowest BCUT2D eigenvalue weighted by Gasteiger charge is -2.50. The normalized spacial score (nSPS) is 29.7. The highest BCUT2D eigenvalue weighted by Crippen LogP contribution is 2.50. The van der Waals surface area contributed by atoms with Crippen molar-refractivity contribution >= 4 is 40.8 Å². The summed E-state index contributed by atoms with van der Waals surface area (Å²) in [5, 5.41) is -6.54. The number of alkyl halides is 9. The predicted octanol–water partition coefficient (Wildman–Crippen LogP) is 5.39. The largest absolute Gasteiger partial charge is 0.460 e. The summed E-state index contributed by atoms with van der Waals surface area (Å²) in [5.74, 6) is -2.40. The zero-order chi connectivity index (χ0) is 29.8. The maximum Gasteiger partial charge on any atom is 0.460 e. The van der Waals surface area contributed by atoms with E-state index in [-0.39, 0.29) is 35.8 Å². The number of ether oxygens (including phenoxy) is 5. The number of fused-ring (bicyclic) bond motifs is 1. The second-order valence-electron chi connectivity index (χ2n) is 10.5. The molecule has 2 fully saturated rings. The van der Waals surface area contributed by atoms with Gasteiger partial charge in [-0.05, 0) is 19.9 Å². The Morgan fingerprint density at radius 2 is 1.58 bits per heavy atom. The quantitative estimate of drug-likeness (QED) is 0.0923. The van der Waals surface area contributed by atoms with E-state index >= 15 is 0 Å². The van der Waals surface area contributed by atoms with Crippen LogP contribution in [0.3, 0.4) is 0 Å². The zero-order valence-corrected chi connectivity index (χ0v) is 25.1. The molecule has 0 aromatic rings. The SMILES string of the molecule is C[C@@H]1C(OS(=O)(=O)C(F)(F)C(F)(F)OC(F)(F)C(F)(F)I)[C@H](OCC[Si](C)(C)C)OC2COC(C)(C)O[C@H]21. The van der Waals surface area contributed by atoms with Crippen LogP contribution in [0.5, 0.6) is 0 Å². The molecule has 2 saturated heterocycles. The van der Waals surface area contributed by atoms with Crippen LogP contribution >= 0.6 is 22.6 Å². The van der Waals surface area contributed by atoms with Gasteiger partial charge in [-0.3, -0.25) is 4.18 Å². The van der Waals surface area contributed by atoms with Crippen LogP contribution in [0.1, 0.15) is 20.8 Å². The molecule has 19 heteroatoms. The minimum atomic E-state index is -6.85. The average Bonchev–Trinajstić information content (AvgIpc) is 2.68. The van der Waals surface area contributed by atoms with Crippen LogP contribution < -0.4 is 0 Å². The highest BCUT2D eigenvalue weighted by atomic mass is 127. The van der Waals surface area contributed by atoms with Crippen molar-refractivity contribution in [3.05, 3.63) is 0 Å². The van der Waals surface area contributed by atoms with Crippen LogP contribution in [0.15, 0.2) is 0 Å². The topological polar surface area (TPSA) is 89.5 Å². The van der Waals surface area contributed by atoms with Crippen LogP contribution in [0, 0.1) is 5.92 Å². The summed E-state index contributed by atoms with van der Waals surface area (Å²) < 4.78 is 158. The lowest BCUT2D eigenvalue weighted by Crippen LogP contribution is -2.63. The molecule has 8 nitrogen and oxygen atoms in total. The molecule has 0 aromatic heterocycles. The average molecular weight is 724 g/mol. The standard InChI is InChI=1S/C19H29F8IO8SSi/c1-10-12-11(9-32-15(2,3)34-12)33-14(31-7-8-38(4,5)6)13(10)35-37(29,30)19(26,27)18(24,25)36-17(22,23)16(20,21)28/h10-14H,7-9H2,1-6H3/t10-,11?,12-,13?,14+/m0/s1. The van der Waals surface area contributed by atoms with Gasteiger partial charge in [-0.15, -0.1) is 0 Å². The van der Waals surface area contributed by atoms with Crippen molar-refractivity contribution in [3.63, 3.8) is 0 Å². The third-order valence-electron chi connectivity index (χ3n) is 5.61. The predicted molar refractivity (Wildman–Crippen MR) is 126 cm³/mol. The summed E-state index contributed by atoms with van der Waals surface area (Å²) in [7, 11) is -8.58. The van der Waals surface area contributed by atoms with Crippen LogP contribution in [-0.2, 0) is 38.0 Å². The van der Waals surface area contributed by atoms with E-state index < -0.39 is 75.9 Å². The van der Waals surface area contributed by atoms with Crippen LogP contribution in [-0.4, -0.2) is 81.5 Å². The number of halogens is 9. The van der Waals surface area contributed by atoms with Gasteiger partial charge < -0.3 is 18.9 Å². The van der Waals surface area contributed by atoms with E-state index in [1.807, 2.05) is 19.6 Å². The Kier molecular flexibility index (Phi) is 9.99. The van der Waals surface area contributed by atoms with Gasteiger partial charge in [-0.25, -0.2) is 4.74 Å². The van der Waals surface area contributed by atoms with Crippen molar-refractivity contribution in [3.8, 4) is 0 Å². The van der Waals surface area contributed by atoms with Crippen molar-refractivity contribution in [1.29, 1.82) is 0 Å². The Balaban J connectivity index is 2.37. The van der Waals surface area contributed by atoms with Gasteiger partial charge >= 0.3 is 31.5 Å². The molecule has 2 aliphatic rings. The fourth-order valence-corrected chi connectivity index (χ4v) is 5.29. The molecule has 2 rings (SSSR count). The fraction of sp³-hybridized carbons (Fsp3) is 1.00. The Hall–Kier alpha value is 0.0969. The van der Waals surface area contributed by atoms with Crippen molar-refractivity contribution in [2.45, 2.75) is 98.2 Å². The number of hydrogen-bond acceptors (Lipinski definition) is 8. The third kappa shape index (κ3) is 7.68. The van der Waals surface area contributed by atoms with Crippen LogP contribution in [0.4, 0.5) is 35.1 Å². The van der Waals surface area contributed by atoms with E-state index in [9.17, 15) is 43.5 Å². The van der Waals surface area contributed by atoms with E-state index in [1.165, 1.54) is 20.8 Å². The second-order valence-corrected chi connectivity index (χ2v) is 19.1. The Labute approximate surface area is 229 Å². The van der Waals surface area contributed by atoms with Gasteiger partial charge in [0, 0.05) is 43.2 Å². The van der Waals surface area contributed by atoms with Crippen molar-refractivity contribution < 1.29 is 71.4 Å². The smallest absolute Gasteiger partial charge is 0.350 e. The van der Waals surface area contributed by atoms with Gasteiger partial charge in [0.15, 0.2) is 12.1 Å². The summed E-state index contributed by atoms with van der Waals surface area (Å²) in [6, 6.07) is 0.497. The molecule has 0 bridgehead atoms. The molecule has 0 spiro atoms. The molecule has 5 atom stereocenters. The van der Waals surface area contributed by atoms with Gasteiger partial charge in [-0.2, -0.15) is 43.5 Å². The monoisotopic (exact) mass is 724 g/mol. The van der Waals surface area contributed by atoms with Gasteiger partial charge in [-0.1, -0.05) is 26.6 Å². The molecule has 226 valence electrons. The Morgan fingerprint density at radius 1 is 1.03 bits per heavy atom. The summed E-state index contributed by atoms with van der Waals surface area (Å²) in [6.07, 6.45) is -18.5. The Morgan fingerprint density at radius 3 is 2.08 bits per heavy atom. The highest BCUT2D eigenvalue weighted by Gasteiger charge is 2.75. The summed E-state index contributed by atoms with van der Waals surface area (Å²) in [5.41, 5.74) is 0. The third-order valence-corrected chi connectivity index (χ3v) is 9.28. The van der Waals surface area contributed by atoms with E-state index in [0.717, 1.165) is 0 Å². The molecule has 0 aliphatic carbocycles.